The third-order valence-corrected chi connectivity index (χ3v) is 0.762. The summed E-state index contributed by atoms with van der Waals surface area (Å²) in [5, 5.41) is 0. The lowest BCUT2D eigenvalue weighted by Gasteiger charge is -2.18. The first-order chi connectivity index (χ1) is 5.10. The first-order valence-electron chi connectivity index (χ1n) is 2.26. The van der Waals surface area contributed by atoms with Gasteiger partial charge in [-0.05, 0) is 0 Å². The van der Waals surface area contributed by atoms with Gasteiger partial charge in [-0.3, -0.25) is 0 Å². The van der Waals surface area contributed by atoms with Crippen LogP contribution in [-0.4, -0.2) is 12.1 Å². The quantitative estimate of drug-likeness (QED) is 0.600. The van der Waals surface area contributed by atoms with Crippen molar-refractivity contribution >= 4 is 0 Å². The molecule has 0 amide bonds. The average Bonchev–Trinajstić information content (AvgIpc) is 1.83. The summed E-state index contributed by atoms with van der Waals surface area (Å²) < 4.78 is 89.7. The van der Waals surface area contributed by atoms with E-state index in [1.807, 2.05) is 0 Å². The van der Waals surface area contributed by atoms with Crippen LogP contribution in [0.5, 0.6) is 0 Å². The highest BCUT2D eigenvalue weighted by Gasteiger charge is 2.64. The number of hydrogen-bond donors (Lipinski definition) is 0. The summed E-state index contributed by atoms with van der Waals surface area (Å²) in [6, 6.07) is 0. The van der Waals surface area contributed by atoms with Crippen molar-refractivity contribution in [3.05, 3.63) is 12.6 Å². The van der Waals surface area contributed by atoms with Crippen LogP contribution in [0.1, 0.15) is 0 Å². The van der Waals surface area contributed by atoms with E-state index >= 15 is 0 Å². The summed E-state index contributed by atoms with van der Waals surface area (Å²) in [6.45, 7) is 0. The smallest absolute Gasteiger partial charge is 0.222 e. The van der Waals surface area contributed by atoms with Gasteiger partial charge in [-0.25, -0.2) is 4.39 Å². The van der Waals surface area contributed by atoms with Crippen LogP contribution in [-0.2, 0) is 0 Å². The van der Waals surface area contributed by atoms with Crippen LogP contribution in [0.25, 0.3) is 0 Å². The fourth-order valence-corrected chi connectivity index (χ4v) is 0.261. The van der Waals surface area contributed by atoms with Gasteiger partial charge in [0.15, 0.2) is 0 Å². The summed E-state index contributed by atoms with van der Waals surface area (Å²) in [5.74, 6) is -5.85. The zero-order valence-electron chi connectivity index (χ0n) is 5.02. The van der Waals surface area contributed by atoms with Crippen molar-refractivity contribution in [2.24, 2.45) is 0 Å². The van der Waals surface area contributed by atoms with Gasteiger partial charge in [0, 0.05) is 0 Å². The molecule has 8 heteroatoms. The summed E-state index contributed by atoms with van der Waals surface area (Å²) in [4.78, 5) is 0. The molecule has 0 rings (SSSR count). The second kappa shape index (κ2) is 3.06. The number of hydrogen-bond acceptors (Lipinski definition) is 0. The summed E-state index contributed by atoms with van der Waals surface area (Å²) >= 11 is 0. The van der Waals surface area contributed by atoms with Crippen molar-refractivity contribution in [2.75, 3.05) is 0 Å². The van der Waals surface area contributed by atoms with Crippen molar-refractivity contribution in [1.82, 2.24) is 0 Å². The minimum atomic E-state index is -6.08. The van der Waals surface area contributed by atoms with Gasteiger partial charge >= 0.3 is 24.7 Å². The molecule has 0 aromatic carbocycles. The molecule has 0 aromatic heterocycles. The molecular weight excluding hydrogens is 200 g/mol. The summed E-state index contributed by atoms with van der Waals surface area (Å²) in [5.41, 5.74) is 0. The van der Waals surface area contributed by atoms with Crippen molar-refractivity contribution in [1.29, 1.82) is 0 Å². The Labute approximate surface area is 61.2 Å². The maximum Gasteiger partial charge on any atom is 0.432 e. The SMILES string of the molecule is F[C](F)C(F)(F)[C](F)C(F)(F)F. The molecule has 0 saturated heterocycles. The summed E-state index contributed by atoms with van der Waals surface area (Å²) in [7, 11) is 0. The predicted octanol–water partition coefficient (Wildman–Crippen LogP) is 3.11. The maximum atomic E-state index is 11.5. The molecule has 0 fully saturated rings. The van der Waals surface area contributed by atoms with E-state index in [0.29, 0.717) is 0 Å². The van der Waals surface area contributed by atoms with Gasteiger partial charge in [0.1, 0.15) is 0 Å². The largest absolute Gasteiger partial charge is 0.432 e. The Balaban J connectivity index is 4.57. The van der Waals surface area contributed by atoms with Crippen molar-refractivity contribution in [3.63, 3.8) is 0 Å². The molecule has 0 saturated carbocycles. The monoisotopic (exact) mass is 200 g/mol. The van der Waals surface area contributed by atoms with E-state index in [2.05, 4.69) is 0 Å². The van der Waals surface area contributed by atoms with Crippen LogP contribution >= 0.6 is 0 Å². The molecule has 0 aliphatic heterocycles. The van der Waals surface area contributed by atoms with Gasteiger partial charge < -0.3 is 0 Å². The van der Waals surface area contributed by atoms with Gasteiger partial charge in [-0.2, -0.15) is 30.7 Å². The van der Waals surface area contributed by atoms with E-state index in [9.17, 15) is 35.1 Å². The molecule has 0 nitrogen and oxygen atoms in total. The third-order valence-electron chi connectivity index (χ3n) is 0.762. The Kier molecular flexibility index (Phi) is 2.92. The average molecular weight is 200 g/mol. The minimum Gasteiger partial charge on any atom is -0.222 e. The lowest BCUT2D eigenvalue weighted by Crippen LogP contribution is -2.36. The predicted molar refractivity (Wildman–Crippen MR) is 20.8 cm³/mol. The fourth-order valence-electron chi connectivity index (χ4n) is 0.261. The molecule has 0 aromatic rings. The molecule has 0 N–H and O–H groups in total. The van der Waals surface area contributed by atoms with E-state index in [1.54, 1.807) is 0 Å². The molecular formula is C4F8. The molecule has 0 aliphatic carbocycles. The first kappa shape index (κ1) is 11.4. The van der Waals surface area contributed by atoms with Gasteiger partial charge in [0.2, 0.25) is 0 Å². The topological polar surface area (TPSA) is 0 Å². The Bertz CT molecular complexity index is 146. The van der Waals surface area contributed by atoms with Crippen LogP contribution in [0.2, 0.25) is 0 Å². The first-order valence-corrected chi connectivity index (χ1v) is 2.26. The molecule has 0 unspecified atom stereocenters. The normalized spacial score (nSPS) is 14.5. The lowest BCUT2D eigenvalue weighted by molar-refractivity contribution is -0.201. The molecule has 12 heavy (non-hydrogen) atoms. The van der Waals surface area contributed by atoms with E-state index in [0.717, 1.165) is 0 Å². The van der Waals surface area contributed by atoms with Crippen molar-refractivity contribution in [3.8, 4) is 0 Å². The lowest BCUT2D eigenvalue weighted by atomic mass is 10.2. The van der Waals surface area contributed by atoms with Gasteiger partial charge in [0.25, 0.3) is 0 Å². The van der Waals surface area contributed by atoms with Crippen LogP contribution in [0.15, 0.2) is 0 Å². The second-order valence-electron chi connectivity index (χ2n) is 1.65. The second-order valence-corrected chi connectivity index (χ2v) is 1.65. The number of rotatable bonds is 2. The fraction of sp³-hybridized carbons (Fsp3) is 0.500. The Morgan fingerprint density at radius 3 is 1.17 bits per heavy atom. The standard InChI is InChI=1S/C4F8/c5-1(4(10,11)12)3(8,9)2(6)7. The minimum absolute atomic E-state index is 3.93. The van der Waals surface area contributed by atoms with Crippen molar-refractivity contribution in [2.45, 2.75) is 12.1 Å². The zero-order chi connectivity index (χ0) is 10.2. The van der Waals surface area contributed by atoms with Crippen LogP contribution < -0.4 is 0 Å². The van der Waals surface area contributed by atoms with Crippen LogP contribution in [0.4, 0.5) is 35.1 Å². The molecule has 0 atom stereocenters. The Hall–Kier alpha value is -0.560. The van der Waals surface area contributed by atoms with Gasteiger partial charge in [-0.15, -0.1) is 0 Å². The molecule has 0 bridgehead atoms. The van der Waals surface area contributed by atoms with E-state index in [4.69, 9.17) is 0 Å². The Morgan fingerprint density at radius 1 is 0.750 bits per heavy atom. The van der Waals surface area contributed by atoms with Gasteiger partial charge in [0.05, 0.1) is 0 Å². The molecule has 0 spiro atoms. The zero-order valence-corrected chi connectivity index (χ0v) is 5.02. The molecule has 72 valence electrons. The molecule has 0 aliphatic rings. The molecule has 0 heterocycles. The highest BCUT2D eigenvalue weighted by Crippen LogP contribution is 2.46. The van der Waals surface area contributed by atoms with Gasteiger partial charge in [-0.1, -0.05) is 0 Å². The number of halogens is 8. The maximum absolute atomic E-state index is 11.5. The Morgan fingerprint density at radius 2 is 1.08 bits per heavy atom. The van der Waals surface area contributed by atoms with E-state index in [1.165, 1.54) is 0 Å². The van der Waals surface area contributed by atoms with E-state index in [-0.39, 0.29) is 0 Å². The van der Waals surface area contributed by atoms with Crippen molar-refractivity contribution < 1.29 is 35.1 Å². The highest BCUT2D eigenvalue weighted by atomic mass is 19.4. The summed E-state index contributed by atoms with van der Waals surface area (Å²) in [6.07, 6.45) is -14.0. The molecule has 2 radical (unpaired) electrons. The van der Waals surface area contributed by atoms with E-state index < -0.39 is 24.7 Å². The highest BCUT2D eigenvalue weighted by molar-refractivity contribution is 5.07. The third kappa shape index (κ3) is 2.21. The van der Waals surface area contributed by atoms with Crippen LogP contribution in [0.3, 0.4) is 0 Å². The number of alkyl halides is 5. The van der Waals surface area contributed by atoms with Crippen LogP contribution in [0, 0.1) is 12.6 Å².